The van der Waals surface area contributed by atoms with Crippen LogP contribution in [-0.4, -0.2) is 41.0 Å². The van der Waals surface area contributed by atoms with Crippen LogP contribution in [0.1, 0.15) is 36.1 Å². The molecule has 1 heterocycles. The molecule has 1 saturated heterocycles. The van der Waals surface area contributed by atoms with Gasteiger partial charge >= 0.3 is 0 Å². The fourth-order valence-corrected chi connectivity index (χ4v) is 3.96. The number of nitriles is 1. The van der Waals surface area contributed by atoms with Gasteiger partial charge in [-0.3, -0.25) is 9.69 Å². The quantitative estimate of drug-likeness (QED) is 0.307. The summed E-state index contributed by atoms with van der Waals surface area (Å²) in [5.74, 6) is 1.05. The maximum atomic E-state index is 12.8. The topological polar surface area (TPSA) is 65.8 Å². The number of ether oxygens (including phenoxy) is 2. The van der Waals surface area contributed by atoms with Crippen molar-refractivity contribution in [1.29, 1.82) is 5.26 Å². The third-order valence-corrected chi connectivity index (χ3v) is 5.79. The van der Waals surface area contributed by atoms with Crippen LogP contribution in [0.3, 0.4) is 0 Å². The molecule has 6 nitrogen and oxygen atoms in total. The maximum absolute atomic E-state index is 12.8. The fraction of sp³-hybridized carbons (Fsp3) is 0.269. The number of amides is 1. The highest BCUT2D eigenvalue weighted by Gasteiger charge is 2.34. The summed E-state index contributed by atoms with van der Waals surface area (Å²) in [7, 11) is 1.79. The molecule has 2 aromatic rings. The first-order chi connectivity index (χ1) is 15.9. The first kappa shape index (κ1) is 24.0. The Labute approximate surface area is 200 Å². The van der Waals surface area contributed by atoms with Crippen molar-refractivity contribution >= 4 is 29.3 Å². The van der Waals surface area contributed by atoms with Crippen LogP contribution in [0.15, 0.2) is 54.8 Å². The molecule has 0 aromatic heterocycles. The smallest absolute Gasteiger partial charge is 0.276 e. The van der Waals surface area contributed by atoms with E-state index in [1.54, 1.807) is 29.0 Å². The van der Waals surface area contributed by atoms with Crippen LogP contribution in [0.2, 0.25) is 0 Å². The lowest BCUT2D eigenvalue weighted by atomic mass is 10.0. The van der Waals surface area contributed by atoms with Gasteiger partial charge in [0.2, 0.25) is 0 Å². The zero-order valence-electron chi connectivity index (χ0n) is 19.1. The molecule has 0 bridgehead atoms. The van der Waals surface area contributed by atoms with E-state index in [1.165, 1.54) is 0 Å². The summed E-state index contributed by atoms with van der Waals surface area (Å²) >= 11 is 5.40. The normalized spacial score (nSPS) is 14.5. The number of likely N-dealkylation sites (N-methyl/N-ethyl adjacent to an activating group) is 2. The van der Waals surface area contributed by atoms with Gasteiger partial charge in [0.05, 0.1) is 18.2 Å². The summed E-state index contributed by atoms with van der Waals surface area (Å²) in [6, 6.07) is 13.3. The van der Waals surface area contributed by atoms with Crippen molar-refractivity contribution in [2.24, 2.45) is 0 Å². The first-order valence-electron chi connectivity index (χ1n) is 10.8. The molecule has 0 N–H and O–H groups in total. The van der Waals surface area contributed by atoms with E-state index >= 15 is 0 Å². The van der Waals surface area contributed by atoms with Gasteiger partial charge in [-0.1, -0.05) is 24.3 Å². The van der Waals surface area contributed by atoms with Gasteiger partial charge in [0, 0.05) is 24.7 Å². The molecule has 0 unspecified atom stereocenters. The summed E-state index contributed by atoms with van der Waals surface area (Å²) in [4.78, 5) is 16.1. The molecule has 0 radical (unpaired) electrons. The van der Waals surface area contributed by atoms with E-state index in [2.05, 4.69) is 12.6 Å². The fourth-order valence-electron chi connectivity index (χ4n) is 3.65. The van der Waals surface area contributed by atoms with Crippen molar-refractivity contribution in [3.8, 4) is 17.6 Å². The summed E-state index contributed by atoms with van der Waals surface area (Å²) in [6.45, 7) is 8.86. The Kier molecular flexibility index (Phi) is 7.86. The lowest BCUT2D eigenvalue weighted by molar-refractivity contribution is -0.122. The lowest BCUT2D eigenvalue weighted by Gasteiger charge is -2.18. The largest absolute Gasteiger partial charge is 0.490 e. The second kappa shape index (κ2) is 10.8. The molecular weight excluding hydrogens is 434 g/mol. The van der Waals surface area contributed by atoms with Gasteiger partial charge in [0.25, 0.3) is 5.91 Å². The van der Waals surface area contributed by atoms with Crippen LogP contribution >= 0.6 is 12.2 Å². The Hall–Kier alpha value is -3.63. The second-order valence-electron chi connectivity index (χ2n) is 7.41. The number of thiocarbonyl (C=S) groups is 1. The van der Waals surface area contributed by atoms with Crippen LogP contribution in [0.4, 0.5) is 0 Å². The zero-order valence-corrected chi connectivity index (χ0v) is 19.9. The van der Waals surface area contributed by atoms with Crippen molar-refractivity contribution in [2.75, 3.05) is 20.2 Å². The average Bonchev–Trinajstić information content (AvgIpc) is 3.01. The van der Waals surface area contributed by atoms with Gasteiger partial charge in [0.15, 0.2) is 16.6 Å². The maximum Gasteiger partial charge on any atom is 0.276 e. The molecule has 0 aliphatic carbocycles. The highest BCUT2D eigenvalue weighted by Crippen LogP contribution is 2.36. The molecule has 1 amide bonds. The second-order valence-corrected chi connectivity index (χ2v) is 7.78. The number of benzene rings is 2. The van der Waals surface area contributed by atoms with Gasteiger partial charge < -0.3 is 14.4 Å². The Morgan fingerprint density at radius 1 is 1.18 bits per heavy atom. The molecule has 0 atom stereocenters. The minimum Gasteiger partial charge on any atom is -0.490 e. The lowest BCUT2D eigenvalue weighted by Crippen LogP contribution is -2.30. The third kappa shape index (κ3) is 5.07. The standard InChI is InChI=1S/C26H27N3O3S/c1-5-10-19-13-18(14-22-25(30)29(6-2)26(33)28(22)4)15-23(31-7-3)24(19)32-17-21-12-9-8-11-20(21)16-27/h5,8-9,11-15H,1,6-7,10,17H2,2-4H3/b22-14-. The predicted octanol–water partition coefficient (Wildman–Crippen LogP) is 4.68. The van der Waals surface area contributed by atoms with Crippen molar-refractivity contribution in [3.63, 3.8) is 0 Å². The molecule has 1 fully saturated rings. The van der Waals surface area contributed by atoms with E-state index in [0.717, 1.165) is 16.7 Å². The van der Waals surface area contributed by atoms with Crippen molar-refractivity contribution < 1.29 is 14.3 Å². The molecule has 1 aliphatic heterocycles. The minimum atomic E-state index is -0.123. The van der Waals surface area contributed by atoms with Crippen LogP contribution < -0.4 is 9.47 Å². The van der Waals surface area contributed by atoms with E-state index in [1.807, 2.05) is 50.3 Å². The molecule has 1 aliphatic rings. The van der Waals surface area contributed by atoms with Gasteiger partial charge in [-0.2, -0.15) is 5.26 Å². The summed E-state index contributed by atoms with van der Waals surface area (Å²) < 4.78 is 12.1. The van der Waals surface area contributed by atoms with Crippen LogP contribution in [0.25, 0.3) is 6.08 Å². The first-order valence-corrected chi connectivity index (χ1v) is 11.2. The molecule has 3 rings (SSSR count). The molecule has 0 spiro atoms. The van der Waals surface area contributed by atoms with Crippen LogP contribution in [-0.2, 0) is 17.8 Å². The SMILES string of the molecule is C=CCc1cc(/C=C2/C(=O)N(CC)C(=S)N2C)cc(OCC)c1OCc1ccccc1C#N. The Bertz CT molecular complexity index is 1150. The monoisotopic (exact) mass is 461 g/mol. The Morgan fingerprint density at radius 2 is 1.94 bits per heavy atom. The van der Waals surface area contributed by atoms with Crippen molar-refractivity contribution in [2.45, 2.75) is 26.9 Å². The molecular formula is C26H27N3O3S. The van der Waals surface area contributed by atoms with Gasteiger partial charge in [-0.15, -0.1) is 6.58 Å². The van der Waals surface area contributed by atoms with Crippen molar-refractivity contribution in [3.05, 3.63) is 77.0 Å². The number of nitrogens with zero attached hydrogens (tertiary/aromatic N) is 3. The number of hydrogen-bond acceptors (Lipinski definition) is 5. The number of carbonyl (C=O) groups is 1. The summed E-state index contributed by atoms with van der Waals surface area (Å²) in [5, 5.41) is 9.86. The van der Waals surface area contributed by atoms with Crippen LogP contribution in [0, 0.1) is 11.3 Å². The van der Waals surface area contributed by atoms with E-state index in [4.69, 9.17) is 21.7 Å². The third-order valence-electron chi connectivity index (χ3n) is 5.29. The van der Waals surface area contributed by atoms with Gasteiger partial charge in [0.1, 0.15) is 12.3 Å². The van der Waals surface area contributed by atoms with Gasteiger partial charge in [-0.25, -0.2) is 0 Å². The van der Waals surface area contributed by atoms with E-state index in [0.29, 0.717) is 47.4 Å². The summed E-state index contributed by atoms with van der Waals surface area (Å²) in [6.07, 6.45) is 4.16. The van der Waals surface area contributed by atoms with Crippen molar-refractivity contribution in [1.82, 2.24) is 9.80 Å². The average molecular weight is 462 g/mol. The van der Waals surface area contributed by atoms with Crippen LogP contribution in [0.5, 0.6) is 11.5 Å². The predicted molar refractivity (Wildman–Crippen MR) is 133 cm³/mol. The zero-order chi connectivity index (χ0) is 24.0. The molecule has 7 heteroatoms. The molecule has 0 saturated carbocycles. The van der Waals surface area contributed by atoms with E-state index in [-0.39, 0.29) is 12.5 Å². The highest BCUT2D eigenvalue weighted by molar-refractivity contribution is 7.80. The van der Waals surface area contributed by atoms with E-state index < -0.39 is 0 Å². The Morgan fingerprint density at radius 3 is 2.58 bits per heavy atom. The Balaban J connectivity index is 2.02. The van der Waals surface area contributed by atoms with E-state index in [9.17, 15) is 10.1 Å². The number of carbonyl (C=O) groups excluding carboxylic acids is 1. The molecule has 170 valence electrons. The highest BCUT2D eigenvalue weighted by atomic mass is 32.1. The summed E-state index contributed by atoms with van der Waals surface area (Å²) in [5.41, 5.74) is 3.55. The van der Waals surface area contributed by atoms with Gasteiger partial charge in [-0.05, 0) is 62.3 Å². The minimum absolute atomic E-state index is 0.123. The number of allylic oxidation sites excluding steroid dienone is 1. The number of hydrogen-bond donors (Lipinski definition) is 0. The molecule has 33 heavy (non-hydrogen) atoms. The number of rotatable bonds is 9. The molecule has 2 aromatic carbocycles.